The van der Waals surface area contributed by atoms with Gasteiger partial charge in [-0.3, -0.25) is 0 Å². The highest BCUT2D eigenvalue weighted by molar-refractivity contribution is 6.04. The van der Waals surface area contributed by atoms with Crippen molar-refractivity contribution in [2.24, 2.45) is 5.10 Å². The number of carbonyl (C=O) groups excluding carboxylic acids is 1. The molecule has 1 amide bonds. The monoisotopic (exact) mass is 349 g/mol. The summed E-state index contributed by atoms with van der Waals surface area (Å²) in [5.41, 5.74) is 3.10. The third-order valence-corrected chi connectivity index (χ3v) is 3.76. The second-order valence-corrected chi connectivity index (χ2v) is 5.33. The Hall–Kier alpha value is -3.03. The number of rotatable bonds is 3. The number of carbonyl (C=O) groups is 1. The third-order valence-electron chi connectivity index (χ3n) is 3.76. The zero-order valence-corrected chi connectivity index (χ0v) is 13.1. The molecule has 0 bridgehead atoms. The number of anilines is 1. The summed E-state index contributed by atoms with van der Waals surface area (Å²) in [5.74, 6) is 0. The average molecular weight is 349 g/mol. The van der Waals surface area contributed by atoms with Crippen molar-refractivity contribution in [3.05, 3.63) is 53.6 Å². The Morgan fingerprint density at radius 3 is 2.36 bits per heavy atom. The lowest BCUT2D eigenvalue weighted by Crippen LogP contribution is -2.30. The molecule has 2 aromatic carbocycles. The van der Waals surface area contributed by atoms with Gasteiger partial charge in [0.1, 0.15) is 12.3 Å². The Balaban J connectivity index is 2.05. The van der Waals surface area contributed by atoms with Crippen LogP contribution in [-0.4, -0.2) is 25.5 Å². The van der Waals surface area contributed by atoms with E-state index in [0.29, 0.717) is 5.56 Å². The van der Waals surface area contributed by atoms with E-state index in [1.807, 2.05) is 0 Å². The molecule has 0 radical (unpaired) electrons. The van der Waals surface area contributed by atoms with Crippen LogP contribution in [-0.2, 0) is 10.9 Å². The molecule has 2 N–H and O–H groups in total. The number of hydrogen-bond acceptors (Lipinski definition) is 4. The van der Waals surface area contributed by atoms with Crippen LogP contribution >= 0.6 is 0 Å². The van der Waals surface area contributed by atoms with E-state index in [2.05, 4.69) is 15.8 Å². The fraction of sp³-hybridized carbons (Fsp3) is 0.176. The van der Waals surface area contributed by atoms with Crippen molar-refractivity contribution in [3.8, 4) is 11.1 Å². The molecule has 2 aromatic rings. The van der Waals surface area contributed by atoms with Gasteiger partial charge in [0.2, 0.25) is 0 Å². The molecular formula is C17H14F3N3O2. The zero-order valence-electron chi connectivity index (χ0n) is 13.1. The van der Waals surface area contributed by atoms with Gasteiger partial charge >= 0.3 is 12.3 Å². The number of hydrogen-bond donors (Lipinski definition) is 2. The standard InChI is InChI=1S/C17H14F3N3O2/c1-21-12-5-2-10(3-6-12)13-7-4-11(8-14(13)17(18,19)20)15-9-25-16(24)23-22-15/h2-8,21H,9H2,1H3,(H,23,24). The van der Waals surface area contributed by atoms with Crippen LogP contribution in [0.5, 0.6) is 0 Å². The molecule has 0 saturated heterocycles. The average Bonchev–Trinajstić information content (AvgIpc) is 2.61. The molecule has 5 nitrogen and oxygen atoms in total. The fourth-order valence-corrected chi connectivity index (χ4v) is 2.49. The van der Waals surface area contributed by atoms with Gasteiger partial charge in [-0.25, -0.2) is 10.2 Å². The van der Waals surface area contributed by atoms with Crippen LogP contribution in [0.3, 0.4) is 0 Å². The van der Waals surface area contributed by atoms with Gasteiger partial charge < -0.3 is 10.1 Å². The molecule has 130 valence electrons. The first-order chi connectivity index (χ1) is 11.9. The molecule has 8 heteroatoms. The minimum absolute atomic E-state index is 0.0697. The first kappa shape index (κ1) is 16.8. The minimum Gasteiger partial charge on any atom is -0.442 e. The molecule has 3 rings (SSSR count). The van der Waals surface area contributed by atoms with Gasteiger partial charge in [0.15, 0.2) is 0 Å². The van der Waals surface area contributed by atoms with Gasteiger partial charge in [0, 0.05) is 18.3 Å². The van der Waals surface area contributed by atoms with E-state index in [1.165, 1.54) is 12.1 Å². The topological polar surface area (TPSA) is 62.7 Å². The van der Waals surface area contributed by atoms with E-state index in [-0.39, 0.29) is 23.4 Å². The number of nitrogens with one attached hydrogen (secondary N) is 2. The molecule has 0 spiro atoms. The lowest BCUT2D eigenvalue weighted by Gasteiger charge is -2.17. The van der Waals surface area contributed by atoms with E-state index in [9.17, 15) is 18.0 Å². The van der Waals surface area contributed by atoms with Crippen molar-refractivity contribution < 1.29 is 22.7 Å². The van der Waals surface area contributed by atoms with Gasteiger partial charge in [-0.2, -0.15) is 18.3 Å². The van der Waals surface area contributed by atoms with Gasteiger partial charge in [-0.1, -0.05) is 24.3 Å². The number of alkyl halides is 3. The summed E-state index contributed by atoms with van der Waals surface area (Å²) < 4.78 is 45.3. The highest BCUT2D eigenvalue weighted by atomic mass is 19.4. The smallest absolute Gasteiger partial charge is 0.428 e. The lowest BCUT2D eigenvalue weighted by atomic mass is 9.95. The van der Waals surface area contributed by atoms with Gasteiger partial charge in [-0.15, -0.1) is 0 Å². The maximum atomic E-state index is 13.5. The molecule has 0 aliphatic carbocycles. The number of nitrogens with zero attached hydrogens (tertiary/aromatic N) is 1. The van der Waals surface area contributed by atoms with E-state index in [0.717, 1.165) is 11.8 Å². The van der Waals surface area contributed by atoms with Crippen molar-refractivity contribution in [2.45, 2.75) is 6.18 Å². The largest absolute Gasteiger partial charge is 0.442 e. The van der Waals surface area contributed by atoms with Gasteiger partial charge in [-0.05, 0) is 29.3 Å². The van der Waals surface area contributed by atoms with E-state index in [4.69, 9.17) is 4.74 Å². The summed E-state index contributed by atoms with van der Waals surface area (Å²) in [6.45, 7) is -0.181. The van der Waals surface area contributed by atoms with Crippen molar-refractivity contribution in [2.75, 3.05) is 19.0 Å². The predicted octanol–water partition coefficient (Wildman–Crippen LogP) is 3.86. The second-order valence-electron chi connectivity index (χ2n) is 5.33. The second kappa shape index (κ2) is 6.46. The van der Waals surface area contributed by atoms with E-state index < -0.39 is 17.8 Å². The maximum absolute atomic E-state index is 13.5. The lowest BCUT2D eigenvalue weighted by molar-refractivity contribution is -0.137. The Bertz CT molecular complexity index is 830. The molecule has 0 aromatic heterocycles. The quantitative estimate of drug-likeness (QED) is 0.885. The first-order valence-corrected chi connectivity index (χ1v) is 7.37. The Morgan fingerprint density at radius 1 is 1.12 bits per heavy atom. The number of ether oxygens (including phenoxy) is 1. The van der Waals surface area contributed by atoms with Gasteiger partial charge in [0.05, 0.1) is 5.56 Å². The highest BCUT2D eigenvalue weighted by Crippen LogP contribution is 2.38. The maximum Gasteiger partial charge on any atom is 0.428 e. The summed E-state index contributed by atoms with van der Waals surface area (Å²) >= 11 is 0. The van der Waals surface area contributed by atoms with Crippen LogP contribution in [0, 0.1) is 0 Å². The van der Waals surface area contributed by atoms with E-state index in [1.54, 1.807) is 31.3 Å². The molecule has 1 aliphatic heterocycles. The highest BCUT2D eigenvalue weighted by Gasteiger charge is 2.34. The van der Waals surface area contributed by atoms with Crippen LogP contribution in [0.25, 0.3) is 11.1 Å². The summed E-state index contributed by atoms with van der Waals surface area (Å²) in [6.07, 6.45) is -5.27. The summed E-state index contributed by atoms with van der Waals surface area (Å²) in [6, 6.07) is 10.6. The van der Waals surface area contributed by atoms with Crippen LogP contribution in [0.15, 0.2) is 47.6 Å². The van der Waals surface area contributed by atoms with Crippen molar-refractivity contribution in [1.82, 2.24) is 5.43 Å². The Morgan fingerprint density at radius 2 is 1.80 bits per heavy atom. The number of amides is 1. The van der Waals surface area contributed by atoms with Crippen LogP contribution in [0.2, 0.25) is 0 Å². The predicted molar refractivity (Wildman–Crippen MR) is 87.4 cm³/mol. The molecule has 1 heterocycles. The molecule has 0 atom stereocenters. The number of benzene rings is 2. The van der Waals surface area contributed by atoms with Gasteiger partial charge in [0.25, 0.3) is 0 Å². The molecule has 0 saturated carbocycles. The van der Waals surface area contributed by atoms with Crippen LogP contribution in [0.4, 0.5) is 23.7 Å². The van der Waals surface area contributed by atoms with Crippen molar-refractivity contribution in [1.29, 1.82) is 0 Å². The molecule has 25 heavy (non-hydrogen) atoms. The SMILES string of the molecule is CNc1ccc(-c2ccc(C3=NNC(=O)OC3)cc2C(F)(F)F)cc1. The van der Waals surface area contributed by atoms with E-state index >= 15 is 0 Å². The summed E-state index contributed by atoms with van der Waals surface area (Å²) in [5, 5.41) is 6.67. The fourth-order valence-electron chi connectivity index (χ4n) is 2.49. The summed E-state index contributed by atoms with van der Waals surface area (Å²) in [7, 11) is 1.73. The van der Waals surface area contributed by atoms with Crippen molar-refractivity contribution >= 4 is 17.5 Å². The first-order valence-electron chi connectivity index (χ1n) is 7.37. The molecular weight excluding hydrogens is 335 g/mol. The molecule has 0 fully saturated rings. The Kier molecular flexibility index (Phi) is 4.35. The number of cyclic esters (lactones) is 1. The third kappa shape index (κ3) is 3.57. The van der Waals surface area contributed by atoms with Crippen molar-refractivity contribution in [3.63, 3.8) is 0 Å². The van der Waals surface area contributed by atoms with Crippen LogP contribution < -0.4 is 10.7 Å². The normalized spacial score (nSPS) is 14.4. The Labute approximate surface area is 141 Å². The van der Waals surface area contributed by atoms with Crippen LogP contribution in [0.1, 0.15) is 11.1 Å². The number of hydrazone groups is 1. The summed E-state index contributed by atoms with van der Waals surface area (Å²) in [4.78, 5) is 10.9. The number of halogens is 3. The molecule has 0 unspecified atom stereocenters. The zero-order chi connectivity index (χ0) is 18.0. The molecule has 1 aliphatic rings. The minimum atomic E-state index is -4.54.